The molecule has 2 bridgehead atoms. The quantitative estimate of drug-likeness (QED) is 0.814. The number of benzene rings is 1. The van der Waals surface area contributed by atoms with E-state index in [0.717, 1.165) is 63.4 Å². The van der Waals surface area contributed by atoms with Crippen LogP contribution < -0.4 is 16.2 Å². The summed E-state index contributed by atoms with van der Waals surface area (Å²) in [6.45, 7) is 4.20. The molecule has 28 heavy (non-hydrogen) atoms. The average molecular weight is 378 g/mol. The number of nitrogens with zero attached hydrogens (tertiary/aromatic N) is 3. The Bertz CT molecular complexity index is 977. The highest BCUT2D eigenvalue weighted by molar-refractivity contribution is 5.96. The van der Waals surface area contributed by atoms with Crippen molar-refractivity contribution >= 4 is 17.3 Å². The molecule has 6 heteroatoms. The van der Waals surface area contributed by atoms with Crippen molar-refractivity contribution < 1.29 is 4.79 Å². The third kappa shape index (κ3) is 2.87. The number of nitrogen functional groups attached to an aromatic ring is 1. The van der Waals surface area contributed by atoms with Gasteiger partial charge in [-0.3, -0.25) is 9.59 Å². The Kier molecular flexibility index (Phi) is 4.14. The Morgan fingerprint density at radius 1 is 1.04 bits per heavy atom. The minimum Gasteiger partial charge on any atom is -0.397 e. The number of pyridine rings is 1. The first-order valence-electron chi connectivity index (χ1n) is 10.2. The molecule has 4 heterocycles. The molecule has 3 aliphatic heterocycles. The van der Waals surface area contributed by atoms with Crippen LogP contribution in [0.25, 0.3) is 0 Å². The van der Waals surface area contributed by atoms with Crippen molar-refractivity contribution in [2.45, 2.75) is 31.7 Å². The third-order valence-corrected chi connectivity index (χ3v) is 6.49. The van der Waals surface area contributed by atoms with Crippen LogP contribution in [0.4, 0.5) is 11.4 Å². The second kappa shape index (κ2) is 6.69. The molecule has 1 aromatic carbocycles. The monoisotopic (exact) mass is 378 g/mol. The lowest BCUT2D eigenvalue weighted by atomic mass is 9.83. The van der Waals surface area contributed by atoms with Crippen molar-refractivity contribution in [2.75, 3.05) is 36.8 Å². The van der Waals surface area contributed by atoms with Crippen LogP contribution in [0.5, 0.6) is 0 Å². The summed E-state index contributed by atoms with van der Waals surface area (Å²) in [5.41, 5.74) is 9.96. The van der Waals surface area contributed by atoms with E-state index in [-0.39, 0.29) is 11.5 Å². The Balaban J connectivity index is 1.40. The molecule has 1 amide bonds. The summed E-state index contributed by atoms with van der Waals surface area (Å²) < 4.78 is 1.94. The summed E-state index contributed by atoms with van der Waals surface area (Å²) >= 11 is 0. The number of amides is 1. The largest absolute Gasteiger partial charge is 0.397 e. The minimum absolute atomic E-state index is 0.0829. The highest BCUT2D eigenvalue weighted by Gasteiger charge is 2.35. The first kappa shape index (κ1) is 17.3. The standard InChI is InChI=1S/C22H26N4O2/c23-18-11-16(22(28)24-8-1-2-9-24)6-7-20(18)25-12-15-10-17(14-25)19-4-3-5-21(27)26(19)13-15/h3-7,11,15,17H,1-2,8-10,12-14,23H2. The molecule has 0 radical (unpaired) electrons. The minimum atomic E-state index is 0.0829. The number of rotatable bonds is 2. The number of carbonyl (C=O) groups is 1. The van der Waals surface area contributed by atoms with Gasteiger partial charge in [-0.25, -0.2) is 0 Å². The van der Waals surface area contributed by atoms with Crippen molar-refractivity contribution in [3.05, 3.63) is 58.0 Å². The van der Waals surface area contributed by atoms with Crippen LogP contribution in [0.1, 0.15) is 41.2 Å². The van der Waals surface area contributed by atoms with Gasteiger partial charge in [-0.2, -0.15) is 0 Å². The van der Waals surface area contributed by atoms with Gasteiger partial charge in [0.05, 0.1) is 11.4 Å². The van der Waals surface area contributed by atoms with Gasteiger partial charge >= 0.3 is 0 Å². The Morgan fingerprint density at radius 3 is 2.64 bits per heavy atom. The molecule has 2 aromatic rings. The Labute approximate surface area is 164 Å². The second-order valence-electron chi connectivity index (χ2n) is 8.38. The molecule has 146 valence electrons. The van der Waals surface area contributed by atoms with Gasteiger partial charge in [0.15, 0.2) is 0 Å². The predicted octanol–water partition coefficient (Wildman–Crippen LogP) is 2.29. The van der Waals surface area contributed by atoms with Gasteiger partial charge in [0, 0.05) is 56.0 Å². The van der Waals surface area contributed by atoms with Crippen LogP contribution in [-0.4, -0.2) is 41.6 Å². The Hall–Kier alpha value is -2.76. The lowest BCUT2D eigenvalue weighted by molar-refractivity contribution is 0.0793. The van der Waals surface area contributed by atoms with E-state index >= 15 is 0 Å². The molecule has 2 fully saturated rings. The fourth-order valence-corrected chi connectivity index (χ4v) is 5.17. The Morgan fingerprint density at radius 2 is 1.86 bits per heavy atom. The zero-order chi connectivity index (χ0) is 19.3. The van der Waals surface area contributed by atoms with E-state index in [0.29, 0.717) is 23.1 Å². The normalized spacial score (nSPS) is 23.6. The first-order valence-corrected chi connectivity index (χ1v) is 10.2. The molecule has 6 nitrogen and oxygen atoms in total. The first-order chi connectivity index (χ1) is 13.6. The lowest BCUT2D eigenvalue weighted by Crippen LogP contribution is -2.47. The molecule has 3 aliphatic rings. The molecule has 2 unspecified atom stereocenters. The number of aromatic nitrogens is 1. The van der Waals surface area contributed by atoms with E-state index < -0.39 is 0 Å². The SMILES string of the molecule is Nc1cc(C(=O)N2CCCC2)ccc1N1CC2CC(C1)c1cccc(=O)n1C2. The number of likely N-dealkylation sites (tertiary alicyclic amines) is 1. The van der Waals surface area contributed by atoms with E-state index in [1.54, 1.807) is 6.07 Å². The molecular formula is C22H26N4O2. The predicted molar refractivity (Wildman–Crippen MR) is 110 cm³/mol. The number of fused-ring (bicyclic) bond motifs is 4. The summed E-state index contributed by atoms with van der Waals surface area (Å²) in [6.07, 6.45) is 3.28. The highest BCUT2D eigenvalue weighted by atomic mass is 16.2. The maximum Gasteiger partial charge on any atom is 0.253 e. The van der Waals surface area contributed by atoms with Crippen LogP contribution in [0.3, 0.4) is 0 Å². The van der Waals surface area contributed by atoms with Gasteiger partial charge in [-0.15, -0.1) is 0 Å². The maximum atomic E-state index is 12.6. The van der Waals surface area contributed by atoms with Gasteiger partial charge in [-0.1, -0.05) is 6.07 Å². The maximum absolute atomic E-state index is 12.6. The van der Waals surface area contributed by atoms with E-state index in [9.17, 15) is 9.59 Å². The van der Waals surface area contributed by atoms with E-state index in [2.05, 4.69) is 11.0 Å². The molecule has 0 saturated carbocycles. The summed E-state index contributed by atoms with van der Waals surface area (Å²) in [4.78, 5) is 29.1. The number of hydrogen-bond acceptors (Lipinski definition) is 4. The summed E-state index contributed by atoms with van der Waals surface area (Å²) in [6, 6.07) is 11.3. The van der Waals surface area contributed by atoms with Crippen molar-refractivity contribution in [3.8, 4) is 0 Å². The fourth-order valence-electron chi connectivity index (χ4n) is 5.17. The summed E-state index contributed by atoms with van der Waals surface area (Å²) in [5.74, 6) is 0.864. The number of hydrogen-bond donors (Lipinski definition) is 1. The fraction of sp³-hybridized carbons (Fsp3) is 0.455. The molecule has 0 aliphatic carbocycles. The smallest absolute Gasteiger partial charge is 0.253 e. The lowest BCUT2D eigenvalue weighted by Gasteiger charge is -2.44. The number of anilines is 2. The highest BCUT2D eigenvalue weighted by Crippen LogP contribution is 2.38. The molecule has 1 aromatic heterocycles. The zero-order valence-electron chi connectivity index (χ0n) is 16.0. The molecule has 2 N–H and O–H groups in total. The molecule has 0 spiro atoms. The van der Waals surface area contributed by atoms with Gasteiger partial charge in [0.25, 0.3) is 11.5 Å². The number of piperidine rings is 1. The van der Waals surface area contributed by atoms with E-state index in [1.165, 1.54) is 0 Å². The van der Waals surface area contributed by atoms with E-state index in [4.69, 9.17) is 5.73 Å². The van der Waals surface area contributed by atoms with Crippen LogP contribution >= 0.6 is 0 Å². The van der Waals surface area contributed by atoms with Crippen LogP contribution in [0.15, 0.2) is 41.2 Å². The summed E-state index contributed by atoms with van der Waals surface area (Å²) in [7, 11) is 0. The zero-order valence-corrected chi connectivity index (χ0v) is 16.0. The van der Waals surface area contributed by atoms with Gasteiger partial charge in [0.2, 0.25) is 0 Å². The van der Waals surface area contributed by atoms with Crippen LogP contribution in [0.2, 0.25) is 0 Å². The van der Waals surface area contributed by atoms with Crippen LogP contribution in [-0.2, 0) is 6.54 Å². The average Bonchev–Trinajstić information content (AvgIpc) is 3.23. The molecule has 2 atom stereocenters. The number of carbonyl (C=O) groups excluding carboxylic acids is 1. The molecule has 2 saturated heterocycles. The van der Waals surface area contributed by atoms with Crippen molar-refractivity contribution in [2.24, 2.45) is 5.92 Å². The summed E-state index contributed by atoms with van der Waals surface area (Å²) in [5, 5.41) is 0. The number of nitrogens with two attached hydrogens (primary N) is 1. The topological polar surface area (TPSA) is 71.6 Å². The van der Waals surface area contributed by atoms with Crippen molar-refractivity contribution in [1.29, 1.82) is 0 Å². The molecule has 5 rings (SSSR count). The van der Waals surface area contributed by atoms with Gasteiger partial charge in [-0.05, 0) is 49.4 Å². The third-order valence-electron chi connectivity index (χ3n) is 6.49. The van der Waals surface area contributed by atoms with Gasteiger partial charge < -0.3 is 20.1 Å². The van der Waals surface area contributed by atoms with Crippen molar-refractivity contribution in [1.82, 2.24) is 9.47 Å². The van der Waals surface area contributed by atoms with E-state index in [1.807, 2.05) is 33.7 Å². The van der Waals surface area contributed by atoms with Crippen LogP contribution in [0, 0.1) is 5.92 Å². The second-order valence-corrected chi connectivity index (χ2v) is 8.38. The molecular weight excluding hydrogens is 352 g/mol. The van der Waals surface area contributed by atoms with Crippen molar-refractivity contribution in [3.63, 3.8) is 0 Å². The van der Waals surface area contributed by atoms with Gasteiger partial charge in [0.1, 0.15) is 0 Å².